The molecule has 2 aromatic rings. The molecule has 118 valence electrons. The summed E-state index contributed by atoms with van der Waals surface area (Å²) in [6, 6.07) is 14.9. The molecule has 0 atom stereocenters. The lowest BCUT2D eigenvalue weighted by molar-refractivity contribution is 0.0819. The molecule has 0 fully saturated rings. The third kappa shape index (κ3) is 5.33. The molecule has 0 aliphatic heterocycles. The van der Waals surface area contributed by atoms with Gasteiger partial charge in [-0.05, 0) is 41.8 Å². The third-order valence-corrected chi connectivity index (χ3v) is 3.15. The van der Waals surface area contributed by atoms with E-state index in [1.54, 1.807) is 12.1 Å². The molecule has 0 heterocycles. The van der Waals surface area contributed by atoms with Crippen LogP contribution < -0.4 is 10.1 Å². The first-order valence-corrected chi connectivity index (χ1v) is 7.11. The Labute approximate surface area is 128 Å². The number of anilines is 1. The van der Waals surface area contributed by atoms with Gasteiger partial charge < -0.3 is 15.2 Å². The second-order valence-corrected chi connectivity index (χ2v) is 4.87. The van der Waals surface area contributed by atoms with Gasteiger partial charge in [-0.15, -0.1) is 0 Å². The number of aliphatic hydroxyl groups excluding tert-OH is 1. The van der Waals surface area contributed by atoms with Crippen LogP contribution in [0.5, 0.6) is 5.75 Å². The van der Waals surface area contributed by atoms with Crippen LogP contribution in [0.25, 0.3) is 0 Å². The second kappa shape index (κ2) is 8.34. The summed E-state index contributed by atoms with van der Waals surface area (Å²) in [4.78, 5) is 0. The second-order valence-electron chi connectivity index (χ2n) is 4.87. The fourth-order valence-corrected chi connectivity index (χ4v) is 1.99. The number of ether oxygens (including phenoxy) is 1. The molecule has 3 nitrogen and oxygen atoms in total. The summed E-state index contributed by atoms with van der Waals surface area (Å²) in [7, 11) is 0. The maximum atomic E-state index is 12.0. The van der Waals surface area contributed by atoms with Crippen molar-refractivity contribution in [1.82, 2.24) is 0 Å². The molecule has 5 heteroatoms. The summed E-state index contributed by atoms with van der Waals surface area (Å²) in [5.41, 5.74) is 3.11. The van der Waals surface area contributed by atoms with Crippen LogP contribution in [0.3, 0.4) is 0 Å². The molecule has 0 bridgehead atoms. The SMILES string of the molecule is OCCc1ccc(NCc2ccc(OCC(F)F)cc2)cc1. The average molecular weight is 307 g/mol. The number of alkyl halides is 2. The average Bonchev–Trinajstić information content (AvgIpc) is 2.53. The summed E-state index contributed by atoms with van der Waals surface area (Å²) in [6.45, 7) is 0.193. The van der Waals surface area contributed by atoms with Gasteiger partial charge in [0.1, 0.15) is 12.4 Å². The van der Waals surface area contributed by atoms with Gasteiger partial charge >= 0.3 is 0 Å². The van der Waals surface area contributed by atoms with E-state index in [9.17, 15) is 8.78 Å². The molecule has 2 N–H and O–H groups in total. The van der Waals surface area contributed by atoms with Crippen LogP contribution in [-0.2, 0) is 13.0 Å². The van der Waals surface area contributed by atoms with Crippen LogP contribution in [0.2, 0.25) is 0 Å². The van der Waals surface area contributed by atoms with Crippen molar-refractivity contribution in [2.45, 2.75) is 19.4 Å². The Balaban J connectivity index is 1.83. The van der Waals surface area contributed by atoms with E-state index in [2.05, 4.69) is 5.32 Å². The predicted octanol–water partition coefficient (Wildman–Crippen LogP) is 3.48. The van der Waals surface area contributed by atoms with Crippen LogP contribution in [0.1, 0.15) is 11.1 Å². The monoisotopic (exact) mass is 307 g/mol. The van der Waals surface area contributed by atoms with E-state index in [0.29, 0.717) is 18.7 Å². The molecular weight excluding hydrogens is 288 g/mol. The molecule has 0 radical (unpaired) electrons. The zero-order valence-electron chi connectivity index (χ0n) is 12.1. The van der Waals surface area contributed by atoms with Gasteiger partial charge in [-0.2, -0.15) is 0 Å². The molecule has 0 saturated heterocycles. The van der Waals surface area contributed by atoms with Crippen LogP contribution in [0, 0.1) is 0 Å². The van der Waals surface area contributed by atoms with E-state index in [4.69, 9.17) is 9.84 Å². The smallest absolute Gasteiger partial charge is 0.272 e. The lowest BCUT2D eigenvalue weighted by Gasteiger charge is -2.09. The Hall–Kier alpha value is -2.14. The van der Waals surface area contributed by atoms with Crippen LogP contribution in [0.15, 0.2) is 48.5 Å². The third-order valence-electron chi connectivity index (χ3n) is 3.15. The van der Waals surface area contributed by atoms with Gasteiger partial charge in [-0.1, -0.05) is 24.3 Å². The summed E-state index contributed by atoms with van der Waals surface area (Å²) in [5, 5.41) is 12.1. The normalized spacial score (nSPS) is 10.7. The summed E-state index contributed by atoms with van der Waals surface area (Å²) in [6.07, 6.45) is -1.81. The molecule has 0 unspecified atom stereocenters. The Morgan fingerprint density at radius 1 is 0.955 bits per heavy atom. The highest BCUT2D eigenvalue weighted by atomic mass is 19.3. The van der Waals surface area contributed by atoms with E-state index in [1.165, 1.54) is 0 Å². The summed E-state index contributed by atoms with van der Waals surface area (Å²) >= 11 is 0. The minimum atomic E-state index is -2.46. The molecule has 0 saturated carbocycles. The standard InChI is InChI=1S/C17H19F2NO2/c18-17(19)12-22-16-7-3-14(4-8-16)11-20-15-5-1-13(2-6-15)9-10-21/h1-8,17,20-21H,9-12H2. The van der Waals surface area contributed by atoms with Crippen molar-refractivity contribution in [2.24, 2.45) is 0 Å². The Kier molecular flexibility index (Phi) is 6.15. The van der Waals surface area contributed by atoms with Crippen molar-refractivity contribution >= 4 is 5.69 Å². The van der Waals surface area contributed by atoms with E-state index in [0.717, 1.165) is 16.8 Å². The Bertz CT molecular complexity index is 556. The molecule has 2 rings (SSSR count). The van der Waals surface area contributed by atoms with Crippen molar-refractivity contribution in [3.63, 3.8) is 0 Å². The van der Waals surface area contributed by atoms with Crippen molar-refractivity contribution in [3.8, 4) is 5.75 Å². The lowest BCUT2D eigenvalue weighted by Crippen LogP contribution is -2.07. The molecule has 0 aliphatic rings. The largest absolute Gasteiger partial charge is 0.488 e. The number of hydrogen-bond donors (Lipinski definition) is 2. The molecule has 0 aromatic heterocycles. The first-order valence-electron chi connectivity index (χ1n) is 7.11. The van der Waals surface area contributed by atoms with Gasteiger partial charge in [0.15, 0.2) is 0 Å². The molecule has 22 heavy (non-hydrogen) atoms. The number of nitrogens with one attached hydrogen (secondary N) is 1. The van der Waals surface area contributed by atoms with Gasteiger partial charge in [0.25, 0.3) is 6.43 Å². The minimum absolute atomic E-state index is 0.146. The van der Waals surface area contributed by atoms with E-state index < -0.39 is 13.0 Å². The van der Waals surface area contributed by atoms with Crippen molar-refractivity contribution in [3.05, 3.63) is 59.7 Å². The first kappa shape index (κ1) is 16.2. The lowest BCUT2D eigenvalue weighted by atomic mass is 10.1. The van der Waals surface area contributed by atoms with E-state index in [-0.39, 0.29) is 6.61 Å². The van der Waals surface area contributed by atoms with Gasteiger partial charge in [0, 0.05) is 18.8 Å². The highest BCUT2D eigenvalue weighted by Crippen LogP contribution is 2.15. The molecule has 0 spiro atoms. The number of aliphatic hydroxyl groups is 1. The maximum absolute atomic E-state index is 12.0. The zero-order chi connectivity index (χ0) is 15.8. The van der Waals surface area contributed by atoms with Gasteiger partial charge in [-0.25, -0.2) is 8.78 Å². The fraction of sp³-hybridized carbons (Fsp3) is 0.294. The maximum Gasteiger partial charge on any atom is 0.272 e. The van der Waals surface area contributed by atoms with Crippen molar-refractivity contribution in [1.29, 1.82) is 0 Å². The van der Waals surface area contributed by atoms with E-state index >= 15 is 0 Å². The molecule has 0 amide bonds. The summed E-state index contributed by atoms with van der Waals surface area (Å²) < 4.78 is 29.0. The highest BCUT2D eigenvalue weighted by Gasteiger charge is 2.03. The van der Waals surface area contributed by atoms with E-state index in [1.807, 2.05) is 36.4 Å². The number of benzene rings is 2. The van der Waals surface area contributed by atoms with Crippen molar-refractivity contribution < 1.29 is 18.6 Å². The van der Waals surface area contributed by atoms with Crippen LogP contribution in [0.4, 0.5) is 14.5 Å². The summed E-state index contributed by atoms with van der Waals surface area (Å²) in [5.74, 6) is 0.442. The number of halogens is 2. The molecule has 2 aromatic carbocycles. The van der Waals surface area contributed by atoms with Crippen LogP contribution in [-0.4, -0.2) is 24.7 Å². The highest BCUT2D eigenvalue weighted by molar-refractivity contribution is 5.45. The van der Waals surface area contributed by atoms with Gasteiger partial charge in [-0.3, -0.25) is 0 Å². The minimum Gasteiger partial charge on any atom is -0.488 e. The van der Waals surface area contributed by atoms with Gasteiger partial charge in [0.2, 0.25) is 0 Å². The van der Waals surface area contributed by atoms with Crippen molar-refractivity contribution in [2.75, 3.05) is 18.5 Å². The molecule has 0 aliphatic carbocycles. The van der Waals surface area contributed by atoms with Gasteiger partial charge in [0.05, 0.1) is 0 Å². The predicted molar refractivity (Wildman–Crippen MR) is 82.5 cm³/mol. The topological polar surface area (TPSA) is 41.5 Å². The number of rotatable bonds is 8. The van der Waals surface area contributed by atoms with Crippen LogP contribution >= 0.6 is 0 Å². The zero-order valence-corrected chi connectivity index (χ0v) is 12.1. The molecular formula is C17H19F2NO2. The Morgan fingerprint density at radius 2 is 1.59 bits per heavy atom. The number of hydrogen-bond acceptors (Lipinski definition) is 3. The quantitative estimate of drug-likeness (QED) is 0.784. The fourth-order valence-electron chi connectivity index (χ4n) is 1.99. The Morgan fingerprint density at radius 3 is 2.18 bits per heavy atom. The first-order chi connectivity index (χ1) is 10.7.